The lowest BCUT2D eigenvalue weighted by Crippen LogP contribution is -2.38. The van der Waals surface area contributed by atoms with Crippen LogP contribution in [0.3, 0.4) is 0 Å². The monoisotopic (exact) mass is 195 g/mol. The van der Waals surface area contributed by atoms with Crippen LogP contribution in [-0.4, -0.2) is 25.2 Å². The molecule has 1 N–H and O–H groups in total. The summed E-state index contributed by atoms with van der Waals surface area (Å²) in [5.41, 5.74) is 0.654. The van der Waals surface area contributed by atoms with Crippen molar-refractivity contribution in [3.8, 4) is 0 Å². The van der Waals surface area contributed by atoms with E-state index in [-0.39, 0.29) is 12.0 Å². The van der Waals surface area contributed by atoms with E-state index in [1.807, 2.05) is 25.9 Å². The Labute approximate surface area is 84.7 Å². The van der Waals surface area contributed by atoms with Crippen LogP contribution in [0, 0.1) is 11.9 Å². The lowest BCUT2D eigenvalue weighted by atomic mass is 10.2. The van der Waals surface area contributed by atoms with Gasteiger partial charge in [-0.25, -0.2) is 4.39 Å². The molecule has 0 saturated carbocycles. The molecule has 1 rings (SSSR count). The summed E-state index contributed by atoms with van der Waals surface area (Å²) in [6, 6.07) is 7.54. The van der Waals surface area contributed by atoms with Crippen LogP contribution in [0.25, 0.3) is 0 Å². The Kier molecular flexibility index (Phi) is 4.04. The van der Waals surface area contributed by atoms with Gasteiger partial charge in [-0.1, -0.05) is 6.07 Å². The summed E-state index contributed by atoms with van der Waals surface area (Å²) in [6.45, 7) is 2.56. The van der Waals surface area contributed by atoms with E-state index >= 15 is 0 Å². The summed E-state index contributed by atoms with van der Waals surface area (Å²) in [7, 11) is 3.95. The van der Waals surface area contributed by atoms with Gasteiger partial charge in [-0.05, 0) is 39.2 Å². The second kappa shape index (κ2) is 5.08. The van der Waals surface area contributed by atoms with Gasteiger partial charge < -0.3 is 0 Å². The molecule has 0 aromatic heterocycles. The minimum atomic E-state index is -0.179. The molecule has 3 heteroatoms. The van der Waals surface area contributed by atoms with Crippen LogP contribution in [0.4, 0.5) is 4.39 Å². The maximum Gasteiger partial charge on any atom is 0.127 e. The van der Waals surface area contributed by atoms with Crippen molar-refractivity contribution < 1.29 is 4.39 Å². The van der Waals surface area contributed by atoms with Crippen molar-refractivity contribution in [3.63, 3.8) is 0 Å². The van der Waals surface area contributed by atoms with E-state index in [1.165, 1.54) is 6.07 Å². The molecule has 14 heavy (non-hydrogen) atoms. The van der Waals surface area contributed by atoms with Gasteiger partial charge in [-0.3, -0.25) is 10.2 Å². The van der Waals surface area contributed by atoms with Crippen molar-refractivity contribution in [3.05, 3.63) is 35.6 Å². The second-order valence-corrected chi connectivity index (χ2v) is 3.54. The molecule has 0 amide bonds. The number of rotatable bonds is 4. The Bertz CT molecular complexity index is 286. The Morgan fingerprint density at radius 2 is 2.29 bits per heavy atom. The van der Waals surface area contributed by atoms with E-state index in [1.54, 1.807) is 12.1 Å². The fourth-order valence-electron chi connectivity index (χ4n) is 1.02. The molecule has 0 fully saturated rings. The number of hydrogen-bond acceptors (Lipinski definition) is 2. The largest absolute Gasteiger partial charge is 0.298 e. The van der Waals surface area contributed by atoms with Crippen molar-refractivity contribution in [2.45, 2.75) is 19.6 Å². The van der Waals surface area contributed by atoms with Crippen molar-refractivity contribution >= 4 is 0 Å². The third kappa shape index (κ3) is 3.09. The number of nitrogens with one attached hydrogen (secondary N) is 1. The normalized spacial score (nSPS) is 13.2. The van der Waals surface area contributed by atoms with Crippen LogP contribution >= 0.6 is 0 Å². The highest BCUT2D eigenvalue weighted by molar-refractivity contribution is 5.16. The topological polar surface area (TPSA) is 15.3 Å². The van der Waals surface area contributed by atoms with E-state index in [2.05, 4.69) is 11.4 Å². The molecule has 0 heterocycles. The number of nitrogens with zero attached hydrogens (tertiary/aromatic N) is 1. The molecule has 0 saturated heterocycles. The molecule has 77 valence electrons. The summed E-state index contributed by atoms with van der Waals surface area (Å²) >= 11 is 0. The van der Waals surface area contributed by atoms with Gasteiger partial charge in [-0.2, -0.15) is 0 Å². The van der Waals surface area contributed by atoms with Crippen LogP contribution in [0.5, 0.6) is 0 Å². The fraction of sp³-hybridized carbons (Fsp3) is 0.455. The molecule has 1 atom stereocenters. The Hall–Kier alpha value is -0.930. The van der Waals surface area contributed by atoms with E-state index in [0.717, 1.165) is 0 Å². The molecule has 0 aliphatic rings. The highest BCUT2D eigenvalue weighted by Gasteiger charge is 2.05. The van der Waals surface area contributed by atoms with Crippen LogP contribution in [-0.2, 0) is 6.54 Å². The first-order chi connectivity index (χ1) is 6.61. The summed E-state index contributed by atoms with van der Waals surface area (Å²) in [5.74, 6) is -0.179. The smallest absolute Gasteiger partial charge is 0.127 e. The summed E-state index contributed by atoms with van der Waals surface area (Å²) in [6.07, 6.45) is 0.231. The van der Waals surface area contributed by atoms with Gasteiger partial charge in [0.05, 0.1) is 6.17 Å². The zero-order valence-corrected chi connectivity index (χ0v) is 8.84. The maximum absolute atomic E-state index is 13.2. The summed E-state index contributed by atoms with van der Waals surface area (Å²) < 4.78 is 13.2. The van der Waals surface area contributed by atoms with Gasteiger partial charge in [-0.15, -0.1) is 0 Å². The maximum atomic E-state index is 13.2. The summed E-state index contributed by atoms with van der Waals surface area (Å²) in [4.78, 5) is 2.03. The Morgan fingerprint density at radius 3 is 2.86 bits per heavy atom. The molecule has 1 unspecified atom stereocenters. The summed E-state index contributed by atoms with van der Waals surface area (Å²) in [5, 5.41) is 3.21. The number of hydrogen-bond donors (Lipinski definition) is 1. The Morgan fingerprint density at radius 1 is 1.57 bits per heavy atom. The van der Waals surface area contributed by atoms with Crippen molar-refractivity contribution in [2.24, 2.45) is 0 Å². The van der Waals surface area contributed by atoms with Crippen molar-refractivity contribution in [2.75, 3.05) is 14.1 Å². The minimum absolute atomic E-state index is 0.179. The SMILES string of the molecule is CC(NCc1c[c]ccc1F)N(C)C. The zero-order chi connectivity index (χ0) is 10.6. The van der Waals surface area contributed by atoms with Gasteiger partial charge in [0.25, 0.3) is 0 Å². The van der Waals surface area contributed by atoms with Gasteiger partial charge in [0.1, 0.15) is 5.82 Å². The average Bonchev–Trinajstić information content (AvgIpc) is 2.16. The molecule has 1 radical (unpaired) electrons. The third-order valence-corrected chi connectivity index (χ3v) is 2.25. The molecule has 1 aromatic rings. The first-order valence-electron chi connectivity index (χ1n) is 4.65. The third-order valence-electron chi connectivity index (χ3n) is 2.25. The van der Waals surface area contributed by atoms with Gasteiger partial charge in [0, 0.05) is 12.1 Å². The fourth-order valence-corrected chi connectivity index (χ4v) is 1.02. The average molecular weight is 195 g/mol. The van der Waals surface area contributed by atoms with Crippen LogP contribution in [0.1, 0.15) is 12.5 Å². The van der Waals surface area contributed by atoms with E-state index < -0.39 is 0 Å². The lowest BCUT2D eigenvalue weighted by molar-refractivity contribution is 0.263. The number of benzene rings is 1. The molecule has 2 nitrogen and oxygen atoms in total. The molecule has 0 bridgehead atoms. The minimum Gasteiger partial charge on any atom is -0.298 e. The van der Waals surface area contributed by atoms with Crippen molar-refractivity contribution in [1.82, 2.24) is 10.2 Å². The molecular weight excluding hydrogens is 179 g/mol. The van der Waals surface area contributed by atoms with E-state index in [0.29, 0.717) is 12.1 Å². The highest BCUT2D eigenvalue weighted by atomic mass is 19.1. The van der Waals surface area contributed by atoms with Gasteiger partial charge >= 0.3 is 0 Å². The predicted octanol–water partition coefficient (Wildman–Crippen LogP) is 1.62. The van der Waals surface area contributed by atoms with Gasteiger partial charge in [0.15, 0.2) is 0 Å². The molecule has 0 spiro atoms. The lowest BCUT2D eigenvalue weighted by Gasteiger charge is -2.21. The van der Waals surface area contributed by atoms with E-state index in [4.69, 9.17) is 0 Å². The quantitative estimate of drug-likeness (QED) is 0.734. The van der Waals surface area contributed by atoms with Gasteiger partial charge in [0.2, 0.25) is 0 Å². The van der Waals surface area contributed by atoms with Crippen LogP contribution < -0.4 is 5.32 Å². The molecule has 0 aliphatic heterocycles. The Balaban J connectivity index is 2.50. The zero-order valence-electron chi connectivity index (χ0n) is 8.84. The standard InChI is InChI=1S/C11H16FN2/c1-9(14(2)3)13-8-10-6-4-5-7-11(10)12/h5-7,9,13H,8H2,1-3H3. The van der Waals surface area contributed by atoms with Crippen LogP contribution in [0.15, 0.2) is 18.2 Å². The van der Waals surface area contributed by atoms with Crippen LogP contribution in [0.2, 0.25) is 0 Å². The first kappa shape index (κ1) is 11.1. The predicted molar refractivity (Wildman–Crippen MR) is 55.2 cm³/mol. The number of halogens is 1. The molecule has 1 aromatic carbocycles. The molecule has 0 aliphatic carbocycles. The highest BCUT2D eigenvalue weighted by Crippen LogP contribution is 2.05. The first-order valence-corrected chi connectivity index (χ1v) is 4.65. The van der Waals surface area contributed by atoms with E-state index in [9.17, 15) is 4.39 Å². The molecular formula is C11H16FN2. The second-order valence-electron chi connectivity index (χ2n) is 3.54. The van der Waals surface area contributed by atoms with Crippen molar-refractivity contribution in [1.29, 1.82) is 0 Å².